The molecule has 0 bridgehead atoms. The molecule has 0 aliphatic carbocycles. The standard InChI is InChI=1S/C18H19N3O5S/c1-3-25-13-8-10-14(11-9-13)27(22,23)19-12-17-20-18(21-26-17)15-6-4-5-7-16(15)24-2/h4-11,19H,3,12H2,1-2H3. The van der Waals surface area contributed by atoms with Crippen molar-refractivity contribution < 1.29 is 22.4 Å². The van der Waals surface area contributed by atoms with Crippen molar-refractivity contribution in [1.82, 2.24) is 14.9 Å². The molecule has 0 aliphatic heterocycles. The zero-order valence-electron chi connectivity index (χ0n) is 14.9. The first-order valence-electron chi connectivity index (χ1n) is 8.22. The smallest absolute Gasteiger partial charge is 0.242 e. The summed E-state index contributed by atoms with van der Waals surface area (Å²) in [7, 11) is -2.17. The molecule has 9 heteroatoms. The third kappa shape index (κ3) is 4.44. The number of ether oxygens (including phenoxy) is 2. The third-order valence-corrected chi connectivity index (χ3v) is 5.09. The van der Waals surface area contributed by atoms with Gasteiger partial charge in [-0.15, -0.1) is 0 Å². The summed E-state index contributed by atoms with van der Waals surface area (Å²) >= 11 is 0. The molecular formula is C18H19N3O5S. The van der Waals surface area contributed by atoms with Crippen LogP contribution in [0.2, 0.25) is 0 Å². The first-order chi connectivity index (χ1) is 13.0. The van der Waals surface area contributed by atoms with Crippen LogP contribution in [0.15, 0.2) is 57.9 Å². The van der Waals surface area contributed by atoms with Crippen molar-refractivity contribution >= 4 is 10.0 Å². The quantitative estimate of drug-likeness (QED) is 0.631. The Morgan fingerprint density at radius 2 is 1.85 bits per heavy atom. The SMILES string of the molecule is CCOc1ccc(S(=O)(=O)NCc2nc(-c3ccccc3OC)no2)cc1. The summed E-state index contributed by atoms with van der Waals surface area (Å²) in [5.41, 5.74) is 0.657. The van der Waals surface area contributed by atoms with Crippen molar-refractivity contribution in [2.24, 2.45) is 0 Å². The number of rotatable bonds is 8. The maximum atomic E-state index is 12.4. The fourth-order valence-electron chi connectivity index (χ4n) is 2.39. The first kappa shape index (κ1) is 18.9. The van der Waals surface area contributed by atoms with Gasteiger partial charge in [-0.3, -0.25) is 0 Å². The van der Waals surface area contributed by atoms with Crippen molar-refractivity contribution in [3.8, 4) is 22.9 Å². The zero-order chi connectivity index (χ0) is 19.3. The molecule has 1 aromatic heterocycles. The molecule has 0 amide bonds. The molecule has 0 saturated heterocycles. The maximum Gasteiger partial charge on any atom is 0.242 e. The molecule has 0 unspecified atom stereocenters. The Morgan fingerprint density at radius 1 is 1.11 bits per heavy atom. The van der Waals surface area contributed by atoms with Crippen LogP contribution in [0.25, 0.3) is 11.4 Å². The molecule has 0 spiro atoms. The highest BCUT2D eigenvalue weighted by atomic mass is 32.2. The number of methoxy groups -OCH3 is 1. The van der Waals surface area contributed by atoms with Crippen LogP contribution in [0.3, 0.4) is 0 Å². The van der Waals surface area contributed by atoms with Crippen LogP contribution in [0.1, 0.15) is 12.8 Å². The Morgan fingerprint density at radius 3 is 2.56 bits per heavy atom. The predicted molar refractivity (Wildman–Crippen MR) is 97.9 cm³/mol. The van der Waals surface area contributed by atoms with Gasteiger partial charge >= 0.3 is 0 Å². The van der Waals surface area contributed by atoms with Gasteiger partial charge in [-0.2, -0.15) is 4.98 Å². The number of hydrogen-bond donors (Lipinski definition) is 1. The molecule has 0 atom stereocenters. The van der Waals surface area contributed by atoms with Gasteiger partial charge in [-0.25, -0.2) is 13.1 Å². The summed E-state index contributed by atoms with van der Waals surface area (Å²) in [4.78, 5) is 4.34. The average Bonchev–Trinajstić information content (AvgIpc) is 3.16. The number of aromatic nitrogens is 2. The first-order valence-corrected chi connectivity index (χ1v) is 9.70. The number of benzene rings is 2. The van der Waals surface area contributed by atoms with E-state index in [4.69, 9.17) is 14.0 Å². The number of nitrogens with one attached hydrogen (secondary N) is 1. The Labute approximate surface area is 157 Å². The van der Waals surface area contributed by atoms with E-state index in [2.05, 4.69) is 14.9 Å². The molecule has 1 heterocycles. The predicted octanol–water partition coefficient (Wildman–Crippen LogP) is 2.62. The third-order valence-electron chi connectivity index (χ3n) is 3.67. The summed E-state index contributed by atoms with van der Waals surface area (Å²) in [5.74, 6) is 1.67. The van der Waals surface area contributed by atoms with Gasteiger partial charge in [0, 0.05) is 0 Å². The van der Waals surface area contributed by atoms with E-state index in [1.54, 1.807) is 31.4 Å². The lowest BCUT2D eigenvalue weighted by atomic mass is 10.2. The molecule has 0 saturated carbocycles. The molecule has 27 heavy (non-hydrogen) atoms. The fourth-order valence-corrected chi connectivity index (χ4v) is 3.36. The summed E-state index contributed by atoms with van der Waals surface area (Å²) in [6, 6.07) is 13.4. The van der Waals surface area contributed by atoms with Gasteiger partial charge in [0.15, 0.2) is 0 Å². The molecule has 0 fully saturated rings. The van der Waals surface area contributed by atoms with Crippen LogP contribution in [-0.2, 0) is 16.6 Å². The van der Waals surface area contributed by atoms with Gasteiger partial charge < -0.3 is 14.0 Å². The molecule has 8 nitrogen and oxygen atoms in total. The van der Waals surface area contributed by atoms with E-state index in [1.807, 2.05) is 19.1 Å². The molecule has 2 aromatic carbocycles. The summed E-state index contributed by atoms with van der Waals surface area (Å²) < 4.78 is 42.9. The minimum Gasteiger partial charge on any atom is -0.496 e. The number of para-hydroxylation sites is 1. The van der Waals surface area contributed by atoms with E-state index >= 15 is 0 Å². The van der Waals surface area contributed by atoms with E-state index in [1.165, 1.54) is 12.1 Å². The van der Waals surface area contributed by atoms with Crippen molar-refractivity contribution in [2.75, 3.05) is 13.7 Å². The topological polar surface area (TPSA) is 104 Å². The van der Waals surface area contributed by atoms with Gasteiger partial charge in [0.1, 0.15) is 11.5 Å². The Bertz CT molecular complexity index is 1000. The lowest BCUT2D eigenvalue weighted by Gasteiger charge is -2.06. The highest BCUT2D eigenvalue weighted by Crippen LogP contribution is 2.27. The second-order valence-electron chi connectivity index (χ2n) is 5.44. The Hall–Kier alpha value is -2.91. The zero-order valence-corrected chi connectivity index (χ0v) is 15.7. The molecular weight excluding hydrogens is 370 g/mol. The largest absolute Gasteiger partial charge is 0.496 e. The molecule has 1 N–H and O–H groups in total. The summed E-state index contributed by atoms with van der Waals surface area (Å²) in [6.07, 6.45) is 0. The molecule has 142 valence electrons. The molecule has 3 aromatic rings. The molecule has 0 aliphatic rings. The molecule has 0 radical (unpaired) electrons. The number of hydrogen-bond acceptors (Lipinski definition) is 7. The Balaban J connectivity index is 1.70. The highest BCUT2D eigenvalue weighted by molar-refractivity contribution is 7.89. The fraction of sp³-hybridized carbons (Fsp3) is 0.222. The average molecular weight is 389 g/mol. The van der Waals surface area contributed by atoms with Crippen LogP contribution in [0.4, 0.5) is 0 Å². The van der Waals surface area contributed by atoms with Gasteiger partial charge in [0.05, 0.1) is 30.7 Å². The second kappa shape index (κ2) is 8.19. The lowest BCUT2D eigenvalue weighted by Crippen LogP contribution is -2.23. The van der Waals surface area contributed by atoms with E-state index in [0.29, 0.717) is 29.5 Å². The van der Waals surface area contributed by atoms with Crippen LogP contribution in [0, 0.1) is 0 Å². The van der Waals surface area contributed by atoms with Gasteiger partial charge in [0.2, 0.25) is 21.7 Å². The van der Waals surface area contributed by atoms with Crippen molar-refractivity contribution in [1.29, 1.82) is 0 Å². The van der Waals surface area contributed by atoms with Crippen LogP contribution < -0.4 is 14.2 Å². The highest BCUT2D eigenvalue weighted by Gasteiger charge is 2.17. The summed E-state index contributed by atoms with van der Waals surface area (Å²) in [6.45, 7) is 2.24. The van der Waals surface area contributed by atoms with Crippen molar-refractivity contribution in [3.05, 3.63) is 54.4 Å². The van der Waals surface area contributed by atoms with Gasteiger partial charge in [-0.1, -0.05) is 17.3 Å². The van der Waals surface area contributed by atoms with Crippen LogP contribution in [0.5, 0.6) is 11.5 Å². The van der Waals surface area contributed by atoms with Crippen molar-refractivity contribution in [3.63, 3.8) is 0 Å². The minimum atomic E-state index is -3.72. The Kier molecular flexibility index (Phi) is 5.72. The van der Waals surface area contributed by atoms with Gasteiger partial charge in [-0.05, 0) is 43.3 Å². The minimum absolute atomic E-state index is 0.121. The van der Waals surface area contributed by atoms with Crippen LogP contribution >= 0.6 is 0 Å². The normalized spacial score (nSPS) is 11.3. The second-order valence-corrected chi connectivity index (χ2v) is 7.21. The van der Waals surface area contributed by atoms with E-state index in [9.17, 15) is 8.42 Å². The number of sulfonamides is 1. The molecule has 3 rings (SSSR count). The van der Waals surface area contributed by atoms with E-state index in [-0.39, 0.29) is 17.3 Å². The van der Waals surface area contributed by atoms with Crippen molar-refractivity contribution in [2.45, 2.75) is 18.4 Å². The maximum absolute atomic E-state index is 12.4. The van der Waals surface area contributed by atoms with E-state index < -0.39 is 10.0 Å². The summed E-state index contributed by atoms with van der Waals surface area (Å²) in [5, 5.41) is 3.88. The van der Waals surface area contributed by atoms with Gasteiger partial charge in [0.25, 0.3) is 0 Å². The monoisotopic (exact) mass is 389 g/mol. The lowest BCUT2D eigenvalue weighted by molar-refractivity contribution is 0.340. The number of nitrogens with zero attached hydrogens (tertiary/aromatic N) is 2. The van der Waals surface area contributed by atoms with Crippen LogP contribution in [-0.4, -0.2) is 32.3 Å². The van der Waals surface area contributed by atoms with E-state index in [0.717, 1.165) is 0 Å².